The quantitative estimate of drug-likeness (QED) is 0.0400. The van der Waals surface area contributed by atoms with Crippen molar-refractivity contribution in [1.29, 1.82) is 5.41 Å². The van der Waals surface area contributed by atoms with Gasteiger partial charge in [-0.2, -0.15) is 23.5 Å². The average molecular weight is 1480 g/mol. The molecule has 11 amide bonds. The third-order valence-corrected chi connectivity index (χ3v) is 18.8. The monoisotopic (exact) mass is 1480 g/mol. The Morgan fingerprint density at radius 2 is 1.38 bits per heavy atom. The van der Waals surface area contributed by atoms with Crippen LogP contribution in [0.25, 0.3) is 10.9 Å². The molecule has 6 rings (SSSR count). The number of aromatic nitrogens is 1. The van der Waals surface area contributed by atoms with Crippen molar-refractivity contribution in [3.8, 4) is 11.5 Å². The number of H-pyrrole nitrogens is 1. The Balaban J connectivity index is 1.27. The Labute approximate surface area is 611 Å². The van der Waals surface area contributed by atoms with Gasteiger partial charge in [0, 0.05) is 60.3 Å². The van der Waals surface area contributed by atoms with Gasteiger partial charge in [-0.15, -0.1) is 0 Å². The number of hydrogen-bond acceptors (Lipinski definition) is 19. The predicted molar refractivity (Wildman–Crippen MR) is 391 cm³/mol. The number of rotatable bonds is 17. The molecule has 1 fully saturated rings. The number of hydrogen-bond donors (Lipinski definition) is 16. The van der Waals surface area contributed by atoms with E-state index >= 15 is 0 Å². The number of nitrogens with zero attached hydrogens (tertiary/aromatic N) is 2. The van der Waals surface area contributed by atoms with Gasteiger partial charge in [-0.05, 0) is 123 Å². The fourth-order valence-corrected chi connectivity index (χ4v) is 13.1. The van der Waals surface area contributed by atoms with Gasteiger partial charge in [-0.1, -0.05) is 75.2 Å². The van der Waals surface area contributed by atoms with Gasteiger partial charge in [0.05, 0.1) is 26.1 Å². The number of phenolic OH excluding ortho intramolecular Hbond substituents is 1. The van der Waals surface area contributed by atoms with Crippen molar-refractivity contribution in [2.24, 2.45) is 22.5 Å². The van der Waals surface area contributed by atoms with Crippen molar-refractivity contribution in [3.63, 3.8) is 0 Å². The second-order valence-corrected chi connectivity index (χ2v) is 27.6. The number of carbonyl (C=O) groups is 12. The van der Waals surface area contributed by atoms with E-state index in [9.17, 15) is 67.7 Å². The fourth-order valence-electron chi connectivity index (χ4n) is 11.6. The number of unbranched alkanes of at least 4 members (excludes halogenated alkanes) is 1. The van der Waals surface area contributed by atoms with Crippen molar-refractivity contribution in [1.82, 2.24) is 63.1 Å². The van der Waals surface area contributed by atoms with E-state index in [1.807, 2.05) is 31.4 Å². The molecule has 18 N–H and O–H groups in total. The highest BCUT2D eigenvalue weighted by Gasteiger charge is 2.39. The Hall–Kier alpha value is -10.1. The lowest BCUT2D eigenvalue weighted by atomic mass is 9.99. The van der Waals surface area contributed by atoms with E-state index in [0.29, 0.717) is 78.0 Å². The van der Waals surface area contributed by atoms with Crippen LogP contribution in [0.1, 0.15) is 120 Å². The summed E-state index contributed by atoms with van der Waals surface area (Å²) in [5, 5.41) is 58.2. The zero-order valence-corrected chi connectivity index (χ0v) is 60.6. The van der Waals surface area contributed by atoms with Crippen molar-refractivity contribution < 1.29 is 77.3 Å². The zero-order valence-electron chi connectivity index (χ0n) is 58.9. The lowest BCUT2D eigenvalue weighted by molar-refractivity contribution is -0.142. The molecule has 4 aromatic rings. The summed E-state index contributed by atoms with van der Waals surface area (Å²) in [4.78, 5) is 176. The smallest absolute Gasteiger partial charge is 0.305 e. The normalized spacial score (nSPS) is 22.6. The number of amides is 11. The number of carboxylic acid groups (broad SMARTS) is 1. The topological polar surface area (TPSA) is 491 Å². The lowest BCUT2D eigenvalue weighted by Gasteiger charge is -2.29. The molecule has 0 saturated carbocycles. The van der Waals surface area contributed by atoms with E-state index in [2.05, 4.69) is 63.3 Å². The van der Waals surface area contributed by atoms with Gasteiger partial charge < -0.3 is 94.3 Å². The highest BCUT2D eigenvalue weighted by molar-refractivity contribution is 7.98. The molecule has 8 atom stereocenters. The number of phenols is 1. The molecular weight excluding hydrogens is 1380 g/mol. The Morgan fingerprint density at radius 1 is 0.731 bits per heavy atom. The van der Waals surface area contributed by atoms with Crippen LogP contribution in [-0.4, -0.2) is 203 Å². The fraction of sp³-hybridized carbons (Fsp3) is 0.514. The maximum absolute atomic E-state index is 14.9. The first kappa shape index (κ1) is 82.8. The van der Waals surface area contributed by atoms with E-state index < -0.39 is 145 Å². The summed E-state index contributed by atoms with van der Waals surface area (Å²) in [5.41, 5.74) is 14.8. The second-order valence-electron chi connectivity index (χ2n) is 25.7. The molecule has 2 aliphatic rings. The molecular formula is C70H98N16O16S2. The van der Waals surface area contributed by atoms with Crippen molar-refractivity contribution in [2.75, 3.05) is 51.4 Å². The molecule has 2 aliphatic heterocycles. The Bertz CT molecular complexity index is 3650. The van der Waals surface area contributed by atoms with Gasteiger partial charge in [0.1, 0.15) is 72.7 Å². The van der Waals surface area contributed by atoms with E-state index in [1.54, 1.807) is 56.1 Å². The first-order chi connectivity index (χ1) is 49.8. The van der Waals surface area contributed by atoms with Crippen LogP contribution in [0, 0.1) is 11.3 Å². The number of fused-ring (bicyclic) bond motifs is 4. The molecule has 104 heavy (non-hydrogen) atoms. The minimum absolute atomic E-state index is 0.00434. The number of primary amides is 1. The van der Waals surface area contributed by atoms with Gasteiger partial charge in [-0.3, -0.25) is 62.9 Å². The summed E-state index contributed by atoms with van der Waals surface area (Å²) >= 11 is 2.95. The number of aromatic amines is 1. The summed E-state index contributed by atoms with van der Waals surface area (Å²) in [7, 11) is 0. The molecule has 3 aromatic carbocycles. The molecule has 2 bridgehead atoms. The molecule has 32 nitrogen and oxygen atoms in total. The van der Waals surface area contributed by atoms with Gasteiger partial charge in [0.2, 0.25) is 59.1 Å². The first-order valence-electron chi connectivity index (χ1n) is 34.7. The van der Waals surface area contributed by atoms with Crippen LogP contribution in [0.4, 0.5) is 0 Å². The number of thioether (sulfide) groups is 2. The largest absolute Gasteiger partial charge is 0.508 e. The van der Waals surface area contributed by atoms with Crippen LogP contribution < -0.4 is 69.4 Å². The molecule has 1 unspecified atom stereocenters. The molecule has 1 saturated heterocycles. The van der Waals surface area contributed by atoms with Crippen molar-refractivity contribution in [2.45, 2.75) is 171 Å². The second kappa shape index (κ2) is 43.1. The number of aliphatic carboxylic acids is 1. The summed E-state index contributed by atoms with van der Waals surface area (Å²) in [5.74, 6) is -10.2. The number of guanidine groups is 1. The third-order valence-electron chi connectivity index (χ3n) is 17.0. The average Bonchev–Trinajstić information content (AvgIpc) is 1.62. The standard InChI is InChI=1S/C70H98N16O16S2/c1-5-6-16-51-65(96)83-54(33-60(91)92)67(98)85-61(41(2)3)69(100)84-53(32-45-34-75-49-17-10-9-15-48(45)49)66(97)82-52(31-42-20-22-46(87)23-21-42)64(95)76-35-57(88)80-55(62(71)93)40-104-39-44-28-43(38-103-4)29-47(30-44)101-26-11-7-8-12-27-102-78-36-58(89)79-50(18-13-24-74-70(72)73)63(94)77-37-59(90)86-25-14-19-56(86)68(99)81-51/h9-10,15,17,20-23,28-30,34,36,41,50-56,61,75,87H,5-8,11-14,16,18-19,24-27,31-33,35,37-40H2,1-4H3,(H2,71,93)(H,76,95)(H,77,94)(H,79,89)(H,80,88)(H,81,99)(H,82,97)(H,83,96)(H,84,100)(H,85,98)(H,91,92)(H4,72,73,74)/b78-36+/t50-,51-,52-,53-,54-,55-,56-,61?/m0/s1. The minimum Gasteiger partial charge on any atom is -0.508 e. The molecule has 34 heteroatoms. The van der Waals surface area contributed by atoms with E-state index in [4.69, 9.17) is 26.5 Å². The molecule has 1 aromatic heterocycles. The Morgan fingerprint density at radius 3 is 2.10 bits per heavy atom. The lowest BCUT2D eigenvalue weighted by Crippen LogP contribution is -2.61. The summed E-state index contributed by atoms with van der Waals surface area (Å²) in [6, 6.07) is 7.55. The van der Waals surface area contributed by atoms with Gasteiger partial charge in [0.15, 0.2) is 5.96 Å². The number of nitrogens with two attached hydrogens (primary N) is 2. The van der Waals surface area contributed by atoms with Gasteiger partial charge in [-0.25, -0.2) is 0 Å². The maximum atomic E-state index is 14.9. The number of para-hydroxylation sites is 1. The van der Waals surface area contributed by atoms with Crippen LogP contribution in [0.2, 0.25) is 0 Å². The molecule has 0 aliphatic carbocycles. The van der Waals surface area contributed by atoms with Crippen LogP contribution in [0.3, 0.4) is 0 Å². The number of oxime groups is 1. The number of aromatic hydroxyl groups is 1. The number of carbonyl (C=O) groups excluding carboxylic acids is 11. The maximum Gasteiger partial charge on any atom is 0.305 e. The minimum atomic E-state index is -1.85. The summed E-state index contributed by atoms with van der Waals surface area (Å²) in [6.07, 6.45) is 7.59. The number of benzene rings is 3. The number of ether oxygens (including phenoxy) is 1. The Kier molecular flexibility index (Phi) is 34.3. The molecule has 0 radical (unpaired) electrons. The van der Waals surface area contributed by atoms with Crippen LogP contribution >= 0.6 is 23.5 Å². The van der Waals surface area contributed by atoms with E-state index in [0.717, 1.165) is 30.2 Å². The van der Waals surface area contributed by atoms with Gasteiger partial charge >= 0.3 is 5.97 Å². The highest BCUT2D eigenvalue weighted by atomic mass is 32.2. The van der Waals surface area contributed by atoms with Crippen LogP contribution in [0.15, 0.2) is 78.1 Å². The van der Waals surface area contributed by atoms with Crippen LogP contribution in [0.5, 0.6) is 11.5 Å². The van der Waals surface area contributed by atoms with Crippen molar-refractivity contribution in [3.05, 3.63) is 95.2 Å². The molecule has 3 heterocycles. The predicted octanol–water partition coefficient (Wildman–Crippen LogP) is 1.10. The first-order valence-corrected chi connectivity index (χ1v) is 37.2. The number of carboxylic acids is 1. The molecule has 566 valence electrons. The highest BCUT2D eigenvalue weighted by Crippen LogP contribution is 2.26. The SMILES string of the molecule is CCCC[C@@H]1NC(=O)[C@@H]2CCCN2C(=O)CNC(=O)[C@H](CCCNC(=N)N)NC(=O)/C=N/OCCCCCCOc2cc(CSC)cc(c2)CSC[C@@H](C(N)=O)NC(=O)CNC(=O)[C@H](Cc2ccc(O)cc2)NC(=O)[C@H](Cc2c[nH]c3ccccc23)NC(=O)C(C(C)C)NC(=O)[C@H](CC(=O)O)NC1=O. The molecule has 0 spiro atoms. The zero-order chi connectivity index (χ0) is 75.7. The van der Waals surface area contributed by atoms with Crippen molar-refractivity contribution >= 4 is 118 Å². The van der Waals surface area contributed by atoms with E-state index in [1.165, 1.54) is 40.9 Å². The summed E-state index contributed by atoms with van der Waals surface area (Å²) < 4.78 is 6.18. The van der Waals surface area contributed by atoms with E-state index in [-0.39, 0.29) is 75.7 Å². The van der Waals surface area contributed by atoms with Gasteiger partial charge in [0.25, 0.3) is 5.91 Å². The third kappa shape index (κ3) is 27.9. The van der Waals surface area contributed by atoms with Crippen LogP contribution in [-0.2, 0) is 86.7 Å². The number of nitrogens with one attached hydrogen (secondary N) is 12. The summed E-state index contributed by atoms with van der Waals surface area (Å²) in [6.45, 7) is 4.53.